The minimum absolute atomic E-state index is 0.00876. The molecule has 2 heterocycles. The van der Waals surface area contributed by atoms with Crippen LogP contribution in [0.15, 0.2) is 16.9 Å². The summed E-state index contributed by atoms with van der Waals surface area (Å²) in [7, 11) is 1.77. The fraction of sp³-hybridized carbons (Fsp3) is 0.562. The van der Waals surface area contributed by atoms with Crippen LogP contribution in [0.1, 0.15) is 34.1 Å². The number of likely N-dealkylation sites (tertiary alicyclic amines) is 1. The number of nitrogens with zero attached hydrogens (tertiary/aromatic N) is 2. The largest absolute Gasteiger partial charge is 0.321 e. The van der Waals surface area contributed by atoms with E-state index in [1.807, 2.05) is 32.7 Å². The molecule has 1 aliphatic rings. The Morgan fingerprint density at radius 1 is 1.39 bits per heavy atom. The summed E-state index contributed by atoms with van der Waals surface area (Å²) < 4.78 is 12.7. The van der Waals surface area contributed by atoms with Crippen LogP contribution in [0, 0.1) is 23.2 Å². The molecule has 1 saturated heterocycles. The van der Waals surface area contributed by atoms with Crippen LogP contribution in [0.5, 0.6) is 0 Å². The zero-order chi connectivity index (χ0) is 18.0. The summed E-state index contributed by atoms with van der Waals surface area (Å²) in [4.78, 5) is 27.1. The minimum Gasteiger partial charge on any atom is -0.321 e. The van der Waals surface area contributed by atoms with Crippen molar-refractivity contribution in [2.24, 2.45) is 5.92 Å². The summed E-state index contributed by atoms with van der Waals surface area (Å²) in [5, 5.41) is 11.3. The van der Waals surface area contributed by atoms with Crippen LogP contribution >= 0.6 is 0 Å². The van der Waals surface area contributed by atoms with Gasteiger partial charge in [-0.1, -0.05) is 27.7 Å². The standard InChI is InChI=1S/C12H13FN4O2.2C2H6/c1-17-6-7(4-8(17)5-14)11(18)15-9-2-3-10(13)16-12(9)19;2*1-2/h2-3,7-8H,4,6H2,1H3,(H,15,18)(H,16,19);2*1-2H3. The average Bonchev–Trinajstić information content (AvgIpc) is 2.95. The van der Waals surface area contributed by atoms with Gasteiger partial charge in [-0.3, -0.25) is 19.5 Å². The van der Waals surface area contributed by atoms with Crippen molar-refractivity contribution >= 4 is 11.6 Å². The van der Waals surface area contributed by atoms with Crippen molar-refractivity contribution in [3.05, 3.63) is 28.4 Å². The number of hydrogen-bond acceptors (Lipinski definition) is 4. The highest BCUT2D eigenvalue weighted by Crippen LogP contribution is 2.22. The van der Waals surface area contributed by atoms with Crippen LogP contribution < -0.4 is 10.9 Å². The van der Waals surface area contributed by atoms with Gasteiger partial charge in [0, 0.05) is 6.54 Å². The van der Waals surface area contributed by atoms with Gasteiger partial charge in [0.15, 0.2) is 5.95 Å². The summed E-state index contributed by atoms with van der Waals surface area (Å²) in [6, 6.07) is 4.10. The van der Waals surface area contributed by atoms with E-state index < -0.39 is 11.5 Å². The van der Waals surface area contributed by atoms with Gasteiger partial charge in [0.2, 0.25) is 5.91 Å². The van der Waals surface area contributed by atoms with Crippen LogP contribution in [0.2, 0.25) is 0 Å². The number of amides is 1. The second-order valence-electron chi connectivity index (χ2n) is 4.56. The SMILES string of the molecule is CC.CC.CN1CC(C(=O)Nc2ccc(F)[nH]c2=O)CC1C#N. The number of halogens is 1. The molecule has 1 aliphatic heterocycles. The van der Waals surface area contributed by atoms with Crippen LogP contribution in [-0.4, -0.2) is 35.4 Å². The average molecular weight is 324 g/mol. The van der Waals surface area contributed by atoms with E-state index in [9.17, 15) is 14.0 Å². The van der Waals surface area contributed by atoms with Crippen molar-refractivity contribution in [3.63, 3.8) is 0 Å². The van der Waals surface area contributed by atoms with Gasteiger partial charge in [-0.15, -0.1) is 0 Å². The lowest BCUT2D eigenvalue weighted by Crippen LogP contribution is -2.28. The molecule has 1 fully saturated rings. The lowest BCUT2D eigenvalue weighted by atomic mass is 10.1. The molecule has 0 spiro atoms. The zero-order valence-electron chi connectivity index (χ0n) is 14.3. The van der Waals surface area contributed by atoms with E-state index in [4.69, 9.17) is 5.26 Å². The lowest BCUT2D eigenvalue weighted by molar-refractivity contribution is -0.119. The van der Waals surface area contributed by atoms with Gasteiger partial charge in [-0.2, -0.15) is 9.65 Å². The first-order valence-electron chi connectivity index (χ1n) is 7.81. The minimum atomic E-state index is -0.756. The summed E-state index contributed by atoms with van der Waals surface area (Å²) in [6.45, 7) is 8.46. The number of rotatable bonds is 2. The number of aromatic amines is 1. The van der Waals surface area contributed by atoms with Gasteiger partial charge in [0.05, 0.1) is 18.0 Å². The molecule has 2 N–H and O–H groups in total. The molecule has 1 amide bonds. The van der Waals surface area contributed by atoms with E-state index in [-0.39, 0.29) is 23.6 Å². The second kappa shape index (κ2) is 10.5. The van der Waals surface area contributed by atoms with Gasteiger partial charge in [0.1, 0.15) is 5.69 Å². The molecule has 23 heavy (non-hydrogen) atoms. The highest BCUT2D eigenvalue weighted by Gasteiger charge is 2.34. The Bertz CT molecular complexity index is 594. The number of nitrogens with one attached hydrogen (secondary N) is 2. The molecule has 7 heteroatoms. The van der Waals surface area contributed by atoms with Crippen LogP contribution in [-0.2, 0) is 4.79 Å². The van der Waals surface area contributed by atoms with Gasteiger partial charge in [-0.25, -0.2) is 0 Å². The van der Waals surface area contributed by atoms with E-state index in [0.29, 0.717) is 13.0 Å². The molecule has 128 valence electrons. The maximum absolute atomic E-state index is 12.7. The highest BCUT2D eigenvalue weighted by atomic mass is 19.1. The molecular formula is C16H25FN4O2. The topological polar surface area (TPSA) is 89.0 Å². The maximum Gasteiger partial charge on any atom is 0.273 e. The summed E-state index contributed by atoms with van der Waals surface area (Å²) in [6.07, 6.45) is 0.429. The smallest absolute Gasteiger partial charge is 0.273 e. The molecule has 6 nitrogen and oxygen atoms in total. The Labute approximate surface area is 136 Å². The van der Waals surface area contributed by atoms with E-state index in [2.05, 4.69) is 11.4 Å². The number of carbonyl (C=O) groups is 1. The number of nitriles is 1. The van der Waals surface area contributed by atoms with E-state index in [1.165, 1.54) is 6.07 Å². The first kappa shape index (κ1) is 20.8. The molecule has 0 aromatic carbocycles. The number of aromatic nitrogens is 1. The third kappa shape index (κ3) is 5.83. The summed E-state index contributed by atoms with van der Waals surface area (Å²) in [5.41, 5.74) is -0.675. The third-order valence-corrected chi connectivity index (χ3v) is 3.20. The predicted molar refractivity (Wildman–Crippen MR) is 88.5 cm³/mol. The maximum atomic E-state index is 12.7. The van der Waals surface area contributed by atoms with Crippen molar-refractivity contribution in [3.8, 4) is 6.07 Å². The Hall–Kier alpha value is -2.20. The number of H-pyrrole nitrogens is 1. The first-order chi connectivity index (χ1) is 11.0. The van der Waals surface area contributed by atoms with Crippen LogP contribution in [0.3, 0.4) is 0 Å². The molecule has 1 aromatic rings. The zero-order valence-corrected chi connectivity index (χ0v) is 14.3. The van der Waals surface area contributed by atoms with Gasteiger partial charge in [0.25, 0.3) is 5.56 Å². The van der Waals surface area contributed by atoms with Crippen LogP contribution in [0.25, 0.3) is 0 Å². The summed E-state index contributed by atoms with van der Waals surface area (Å²) in [5.74, 6) is -1.44. The fourth-order valence-electron chi connectivity index (χ4n) is 2.12. The van der Waals surface area contributed by atoms with Crippen LogP contribution in [0.4, 0.5) is 10.1 Å². The number of hydrogen-bond donors (Lipinski definition) is 2. The quantitative estimate of drug-likeness (QED) is 0.817. The second-order valence-corrected chi connectivity index (χ2v) is 4.56. The van der Waals surface area contributed by atoms with Gasteiger partial charge in [-0.05, 0) is 25.6 Å². The van der Waals surface area contributed by atoms with Crippen molar-refractivity contribution < 1.29 is 9.18 Å². The number of carbonyl (C=O) groups excluding carboxylic acids is 1. The molecule has 2 unspecified atom stereocenters. The third-order valence-electron chi connectivity index (χ3n) is 3.20. The molecule has 0 bridgehead atoms. The first-order valence-corrected chi connectivity index (χ1v) is 7.81. The van der Waals surface area contributed by atoms with Gasteiger partial charge < -0.3 is 5.32 Å². The number of anilines is 1. The van der Waals surface area contributed by atoms with Crippen molar-refractivity contribution in [1.82, 2.24) is 9.88 Å². The van der Waals surface area contributed by atoms with Crippen molar-refractivity contribution in [2.75, 3.05) is 18.9 Å². The van der Waals surface area contributed by atoms with E-state index >= 15 is 0 Å². The molecular weight excluding hydrogens is 299 g/mol. The van der Waals surface area contributed by atoms with Gasteiger partial charge >= 0.3 is 0 Å². The normalized spacial score (nSPS) is 19.5. The summed E-state index contributed by atoms with van der Waals surface area (Å²) >= 11 is 0. The van der Waals surface area contributed by atoms with Crippen molar-refractivity contribution in [2.45, 2.75) is 40.2 Å². The predicted octanol–water partition coefficient (Wildman–Crippen LogP) is 2.35. The Morgan fingerprint density at radius 3 is 2.48 bits per heavy atom. The molecule has 0 aliphatic carbocycles. The van der Waals surface area contributed by atoms with Crippen molar-refractivity contribution in [1.29, 1.82) is 5.26 Å². The van der Waals surface area contributed by atoms with E-state index in [0.717, 1.165) is 6.07 Å². The van der Waals surface area contributed by atoms with E-state index in [1.54, 1.807) is 11.9 Å². The fourth-order valence-corrected chi connectivity index (χ4v) is 2.12. The lowest BCUT2D eigenvalue weighted by Gasteiger charge is -2.11. The Morgan fingerprint density at radius 2 is 2.00 bits per heavy atom. The monoisotopic (exact) mass is 324 g/mol. The highest BCUT2D eigenvalue weighted by molar-refractivity contribution is 5.92. The number of pyridine rings is 1. The molecule has 0 saturated carbocycles. The molecule has 2 rings (SSSR count). The Kier molecular flexibility index (Phi) is 9.51. The molecule has 0 radical (unpaired) electrons. The molecule has 2 atom stereocenters. The Balaban J connectivity index is 0.00000112. The molecule has 1 aromatic heterocycles.